The van der Waals surface area contributed by atoms with Crippen molar-refractivity contribution in [1.29, 1.82) is 0 Å². The Morgan fingerprint density at radius 1 is 1.04 bits per heavy atom. The van der Waals surface area contributed by atoms with Crippen LogP contribution < -0.4 is 10.6 Å². The molecule has 2 N–H and O–H groups in total. The zero-order valence-electron chi connectivity index (χ0n) is 13.3. The van der Waals surface area contributed by atoms with Crippen molar-refractivity contribution in [3.05, 3.63) is 80.6 Å². The molecule has 0 saturated heterocycles. The van der Waals surface area contributed by atoms with E-state index in [1.807, 2.05) is 30.3 Å². The number of halogens is 2. The Hall–Kier alpha value is -2.90. The van der Waals surface area contributed by atoms with Crippen LogP contribution in [0.1, 0.15) is 5.56 Å². The third-order valence-corrected chi connectivity index (χ3v) is 4.05. The van der Waals surface area contributed by atoms with Crippen LogP contribution in [0.4, 0.5) is 23.0 Å². The third-order valence-electron chi connectivity index (χ3n) is 3.49. The van der Waals surface area contributed by atoms with Gasteiger partial charge in [0, 0.05) is 11.6 Å². The zero-order valence-corrected chi connectivity index (χ0v) is 14.8. The molecule has 0 radical (unpaired) electrons. The van der Waals surface area contributed by atoms with Crippen molar-refractivity contribution in [2.24, 2.45) is 0 Å². The van der Waals surface area contributed by atoms with E-state index in [-0.39, 0.29) is 17.3 Å². The van der Waals surface area contributed by atoms with Crippen LogP contribution >= 0.6 is 23.2 Å². The van der Waals surface area contributed by atoms with Crippen LogP contribution in [-0.4, -0.2) is 14.9 Å². The SMILES string of the molecule is O=[N+]([O-])c1c(NCc2ccccc2)ncnc1Nc1cc(Cl)ccc1Cl. The summed E-state index contributed by atoms with van der Waals surface area (Å²) in [4.78, 5) is 19.0. The van der Waals surface area contributed by atoms with E-state index in [1.165, 1.54) is 6.33 Å². The number of hydrogen-bond acceptors (Lipinski definition) is 6. The Kier molecular flexibility index (Phi) is 5.50. The molecule has 2 aromatic carbocycles. The predicted molar refractivity (Wildman–Crippen MR) is 102 cm³/mol. The van der Waals surface area contributed by atoms with Crippen molar-refractivity contribution in [2.75, 3.05) is 10.6 Å². The molecule has 0 bridgehead atoms. The van der Waals surface area contributed by atoms with Gasteiger partial charge in [-0.3, -0.25) is 10.1 Å². The van der Waals surface area contributed by atoms with Crippen LogP contribution in [-0.2, 0) is 6.54 Å². The lowest BCUT2D eigenvalue weighted by atomic mass is 10.2. The maximum absolute atomic E-state index is 11.6. The van der Waals surface area contributed by atoms with E-state index in [0.717, 1.165) is 5.56 Å². The molecular formula is C17H13Cl2N5O2. The predicted octanol–water partition coefficient (Wildman–Crippen LogP) is 5.05. The van der Waals surface area contributed by atoms with Crippen molar-refractivity contribution in [1.82, 2.24) is 9.97 Å². The highest BCUT2D eigenvalue weighted by atomic mass is 35.5. The number of aromatic nitrogens is 2. The number of rotatable bonds is 6. The molecule has 0 aliphatic rings. The van der Waals surface area contributed by atoms with Crippen molar-refractivity contribution in [2.45, 2.75) is 6.54 Å². The van der Waals surface area contributed by atoms with Crippen molar-refractivity contribution >= 4 is 46.2 Å². The monoisotopic (exact) mass is 389 g/mol. The van der Waals surface area contributed by atoms with Gasteiger partial charge < -0.3 is 10.6 Å². The molecule has 0 unspecified atom stereocenters. The van der Waals surface area contributed by atoms with Gasteiger partial charge in [0.25, 0.3) is 0 Å². The van der Waals surface area contributed by atoms with Crippen LogP contribution in [0.2, 0.25) is 10.0 Å². The largest absolute Gasteiger partial charge is 0.360 e. The first-order chi connectivity index (χ1) is 12.5. The van der Waals surface area contributed by atoms with Gasteiger partial charge in [-0.05, 0) is 23.8 Å². The lowest BCUT2D eigenvalue weighted by Gasteiger charge is -2.11. The van der Waals surface area contributed by atoms with E-state index in [9.17, 15) is 10.1 Å². The molecule has 1 heterocycles. The molecule has 0 amide bonds. The minimum Gasteiger partial charge on any atom is -0.360 e. The van der Waals surface area contributed by atoms with Gasteiger partial charge in [0.15, 0.2) is 0 Å². The van der Waals surface area contributed by atoms with Gasteiger partial charge >= 0.3 is 5.69 Å². The smallest absolute Gasteiger partial charge is 0.353 e. The maximum Gasteiger partial charge on any atom is 0.353 e. The summed E-state index contributed by atoms with van der Waals surface area (Å²) in [7, 11) is 0. The van der Waals surface area contributed by atoms with Crippen molar-refractivity contribution < 1.29 is 4.92 Å². The molecular weight excluding hydrogens is 377 g/mol. The zero-order chi connectivity index (χ0) is 18.5. The summed E-state index contributed by atoms with van der Waals surface area (Å²) in [5, 5.41) is 18.2. The molecule has 26 heavy (non-hydrogen) atoms. The molecule has 0 aliphatic carbocycles. The fourth-order valence-electron chi connectivity index (χ4n) is 2.28. The second-order valence-electron chi connectivity index (χ2n) is 5.26. The molecule has 132 valence electrons. The lowest BCUT2D eigenvalue weighted by Crippen LogP contribution is -2.08. The molecule has 0 aliphatic heterocycles. The van der Waals surface area contributed by atoms with E-state index in [0.29, 0.717) is 22.3 Å². The molecule has 0 spiro atoms. The first-order valence-electron chi connectivity index (χ1n) is 7.54. The Bertz CT molecular complexity index is 938. The van der Waals surface area contributed by atoms with E-state index in [2.05, 4.69) is 20.6 Å². The number of nitrogens with one attached hydrogen (secondary N) is 2. The fourth-order valence-corrected chi connectivity index (χ4v) is 2.61. The average molecular weight is 390 g/mol. The molecule has 9 heteroatoms. The van der Waals surface area contributed by atoms with Crippen molar-refractivity contribution in [3.8, 4) is 0 Å². The Morgan fingerprint density at radius 2 is 1.77 bits per heavy atom. The van der Waals surface area contributed by atoms with Gasteiger partial charge in [0.1, 0.15) is 6.33 Å². The van der Waals surface area contributed by atoms with Crippen LogP contribution in [0.15, 0.2) is 54.9 Å². The van der Waals surface area contributed by atoms with Gasteiger partial charge in [0.2, 0.25) is 11.6 Å². The number of nitrogens with zero attached hydrogens (tertiary/aromatic N) is 3. The van der Waals surface area contributed by atoms with Crippen LogP contribution in [0.5, 0.6) is 0 Å². The Balaban J connectivity index is 1.91. The Labute approximate surface area is 159 Å². The standard InChI is InChI=1S/C17H13Cl2N5O2/c18-12-6-7-13(19)14(8-12)23-17-15(24(25)26)16(21-10-22-17)20-9-11-4-2-1-3-5-11/h1-8,10H,9H2,(H2,20,21,22,23). The molecule has 7 nitrogen and oxygen atoms in total. The number of hydrogen-bond donors (Lipinski definition) is 2. The van der Waals surface area contributed by atoms with E-state index < -0.39 is 4.92 Å². The second kappa shape index (κ2) is 7.99. The highest BCUT2D eigenvalue weighted by molar-refractivity contribution is 6.35. The minimum absolute atomic E-state index is 0.0183. The Morgan fingerprint density at radius 3 is 2.50 bits per heavy atom. The normalized spacial score (nSPS) is 10.4. The summed E-state index contributed by atoms with van der Waals surface area (Å²) in [6.45, 7) is 0.385. The quantitative estimate of drug-likeness (QED) is 0.452. The van der Waals surface area contributed by atoms with Crippen LogP contribution in [0, 0.1) is 10.1 Å². The van der Waals surface area contributed by atoms with Gasteiger partial charge in [-0.25, -0.2) is 9.97 Å². The van der Waals surface area contributed by atoms with Gasteiger partial charge in [0.05, 0.1) is 15.6 Å². The summed E-state index contributed by atoms with van der Waals surface area (Å²) in [5.74, 6) is 0.124. The average Bonchev–Trinajstić information content (AvgIpc) is 2.63. The summed E-state index contributed by atoms with van der Waals surface area (Å²) >= 11 is 12.1. The van der Waals surface area contributed by atoms with Gasteiger partial charge in [-0.2, -0.15) is 0 Å². The number of anilines is 3. The number of nitro groups is 1. The molecule has 3 aromatic rings. The van der Waals surface area contributed by atoms with Crippen LogP contribution in [0.25, 0.3) is 0 Å². The molecule has 3 rings (SSSR count). The number of benzene rings is 2. The lowest BCUT2D eigenvalue weighted by molar-refractivity contribution is -0.383. The molecule has 0 saturated carbocycles. The summed E-state index contributed by atoms with van der Waals surface area (Å²) in [6.07, 6.45) is 1.24. The van der Waals surface area contributed by atoms with E-state index in [4.69, 9.17) is 23.2 Å². The highest BCUT2D eigenvalue weighted by Gasteiger charge is 2.23. The first-order valence-corrected chi connectivity index (χ1v) is 8.29. The van der Waals surface area contributed by atoms with Gasteiger partial charge in [-0.15, -0.1) is 0 Å². The molecule has 0 atom stereocenters. The summed E-state index contributed by atoms with van der Waals surface area (Å²) < 4.78 is 0. The fraction of sp³-hybridized carbons (Fsp3) is 0.0588. The van der Waals surface area contributed by atoms with Crippen molar-refractivity contribution in [3.63, 3.8) is 0 Å². The highest BCUT2D eigenvalue weighted by Crippen LogP contribution is 2.34. The summed E-state index contributed by atoms with van der Waals surface area (Å²) in [6, 6.07) is 14.3. The van der Waals surface area contributed by atoms with Gasteiger partial charge in [-0.1, -0.05) is 53.5 Å². The molecule has 1 aromatic heterocycles. The maximum atomic E-state index is 11.6. The van der Waals surface area contributed by atoms with E-state index >= 15 is 0 Å². The van der Waals surface area contributed by atoms with E-state index in [1.54, 1.807) is 18.2 Å². The minimum atomic E-state index is -0.548. The topological polar surface area (TPSA) is 93.0 Å². The second-order valence-corrected chi connectivity index (χ2v) is 6.11. The van der Waals surface area contributed by atoms with Crippen LogP contribution in [0.3, 0.4) is 0 Å². The molecule has 0 fully saturated rings. The first kappa shape index (κ1) is 17.9. The third kappa shape index (κ3) is 4.19. The summed E-state index contributed by atoms with van der Waals surface area (Å²) in [5.41, 5.74) is 1.10.